The van der Waals surface area contributed by atoms with E-state index >= 15 is 0 Å². The molecule has 16 heavy (non-hydrogen) atoms. The van der Waals surface area contributed by atoms with Crippen LogP contribution in [0, 0.1) is 5.92 Å². The van der Waals surface area contributed by atoms with Crippen molar-refractivity contribution in [1.29, 1.82) is 0 Å². The van der Waals surface area contributed by atoms with Gasteiger partial charge in [-0.15, -0.1) is 0 Å². The van der Waals surface area contributed by atoms with E-state index in [2.05, 4.69) is 22.4 Å². The molecule has 0 amide bonds. The third-order valence-electron chi connectivity index (χ3n) is 3.88. The Labute approximate surface area is 95.8 Å². The average Bonchev–Trinajstić information content (AvgIpc) is 3.07. The van der Waals surface area contributed by atoms with Crippen molar-refractivity contribution in [3.63, 3.8) is 0 Å². The second-order valence-electron chi connectivity index (χ2n) is 5.14. The van der Waals surface area contributed by atoms with Gasteiger partial charge >= 0.3 is 0 Å². The minimum Gasteiger partial charge on any atom is -0.339 e. The van der Waals surface area contributed by atoms with Gasteiger partial charge in [-0.1, -0.05) is 12.1 Å². The van der Waals surface area contributed by atoms with Crippen LogP contribution in [-0.4, -0.2) is 23.2 Å². The van der Waals surface area contributed by atoms with E-state index in [1.54, 1.807) is 0 Å². The summed E-state index contributed by atoms with van der Waals surface area (Å²) in [4.78, 5) is 4.59. The standard InChI is InChI=1S/C12H19N3O/c1-8(9-2-3-9)12-14-11(15-16-12)10-4-6-13-7-5-10/h8-10,13H,2-7H2,1H3. The molecule has 0 aromatic carbocycles. The molecule has 2 aliphatic rings. The van der Waals surface area contributed by atoms with Crippen molar-refractivity contribution in [2.75, 3.05) is 13.1 Å². The van der Waals surface area contributed by atoms with Crippen molar-refractivity contribution in [2.24, 2.45) is 5.92 Å². The molecule has 1 unspecified atom stereocenters. The Bertz CT molecular complexity index is 353. The first-order chi connectivity index (χ1) is 7.84. The lowest BCUT2D eigenvalue weighted by atomic mass is 9.97. The van der Waals surface area contributed by atoms with Crippen LogP contribution < -0.4 is 5.32 Å². The molecule has 1 aromatic rings. The highest BCUT2D eigenvalue weighted by atomic mass is 16.5. The Kier molecular flexibility index (Phi) is 2.67. The molecular weight excluding hydrogens is 202 g/mol. The summed E-state index contributed by atoms with van der Waals surface area (Å²) in [6.45, 7) is 4.36. The predicted molar refractivity (Wildman–Crippen MR) is 60.3 cm³/mol. The van der Waals surface area contributed by atoms with E-state index in [0.29, 0.717) is 11.8 Å². The quantitative estimate of drug-likeness (QED) is 0.848. The Balaban J connectivity index is 1.70. The van der Waals surface area contributed by atoms with Crippen LogP contribution in [0.4, 0.5) is 0 Å². The Morgan fingerprint density at radius 3 is 2.69 bits per heavy atom. The summed E-state index contributed by atoms with van der Waals surface area (Å²) in [5.74, 6) is 3.55. The average molecular weight is 221 g/mol. The van der Waals surface area contributed by atoms with Crippen LogP contribution >= 0.6 is 0 Å². The van der Waals surface area contributed by atoms with E-state index < -0.39 is 0 Å². The fourth-order valence-electron chi connectivity index (χ4n) is 2.48. The number of nitrogens with one attached hydrogen (secondary N) is 1. The molecule has 1 saturated carbocycles. The molecule has 0 bridgehead atoms. The zero-order valence-electron chi connectivity index (χ0n) is 9.78. The first-order valence-corrected chi connectivity index (χ1v) is 6.39. The van der Waals surface area contributed by atoms with Crippen molar-refractivity contribution in [2.45, 2.75) is 44.4 Å². The van der Waals surface area contributed by atoms with Gasteiger partial charge in [0.1, 0.15) is 0 Å². The lowest BCUT2D eigenvalue weighted by molar-refractivity contribution is 0.338. The summed E-state index contributed by atoms with van der Waals surface area (Å²) in [7, 11) is 0. The number of hydrogen-bond acceptors (Lipinski definition) is 4. The molecule has 0 spiro atoms. The minimum absolute atomic E-state index is 0.461. The van der Waals surface area contributed by atoms with Crippen molar-refractivity contribution < 1.29 is 4.52 Å². The topological polar surface area (TPSA) is 51.0 Å². The molecule has 0 radical (unpaired) electrons. The zero-order chi connectivity index (χ0) is 11.0. The van der Waals surface area contributed by atoms with Crippen LogP contribution in [0.2, 0.25) is 0 Å². The van der Waals surface area contributed by atoms with Gasteiger partial charge in [-0.2, -0.15) is 4.98 Å². The van der Waals surface area contributed by atoms with Crippen molar-refractivity contribution in [1.82, 2.24) is 15.5 Å². The third-order valence-corrected chi connectivity index (χ3v) is 3.88. The predicted octanol–water partition coefficient (Wildman–Crippen LogP) is 2.05. The van der Waals surface area contributed by atoms with Crippen molar-refractivity contribution in [3.8, 4) is 0 Å². The third kappa shape index (κ3) is 1.98. The van der Waals surface area contributed by atoms with Crippen LogP contribution in [-0.2, 0) is 0 Å². The van der Waals surface area contributed by atoms with Gasteiger partial charge in [-0.3, -0.25) is 0 Å². The Morgan fingerprint density at radius 2 is 2.00 bits per heavy atom. The number of piperidine rings is 1. The molecule has 4 nitrogen and oxygen atoms in total. The molecular formula is C12H19N3O. The number of aromatic nitrogens is 2. The summed E-state index contributed by atoms with van der Waals surface area (Å²) < 4.78 is 5.40. The highest BCUT2D eigenvalue weighted by molar-refractivity contribution is 5.03. The SMILES string of the molecule is CC(c1nc(C2CCNCC2)no1)C1CC1. The minimum atomic E-state index is 0.461. The summed E-state index contributed by atoms with van der Waals surface area (Å²) >= 11 is 0. The fourth-order valence-corrected chi connectivity index (χ4v) is 2.48. The molecule has 4 heteroatoms. The van der Waals surface area contributed by atoms with Gasteiger partial charge in [-0.05, 0) is 44.7 Å². The maximum atomic E-state index is 5.40. The molecule has 2 fully saturated rings. The first-order valence-electron chi connectivity index (χ1n) is 6.39. The fraction of sp³-hybridized carbons (Fsp3) is 0.833. The smallest absolute Gasteiger partial charge is 0.229 e. The van der Waals surface area contributed by atoms with Gasteiger partial charge in [0.25, 0.3) is 0 Å². The number of nitrogens with zero attached hydrogens (tertiary/aromatic N) is 2. The maximum Gasteiger partial charge on any atom is 0.229 e. The van der Waals surface area contributed by atoms with Crippen LogP contribution in [0.1, 0.15) is 56.2 Å². The molecule has 2 heterocycles. The number of hydrogen-bond donors (Lipinski definition) is 1. The van der Waals surface area contributed by atoms with E-state index in [4.69, 9.17) is 4.52 Å². The molecule has 1 atom stereocenters. The highest BCUT2D eigenvalue weighted by Crippen LogP contribution is 2.41. The summed E-state index contributed by atoms with van der Waals surface area (Å²) in [6.07, 6.45) is 4.92. The van der Waals surface area contributed by atoms with Crippen molar-refractivity contribution >= 4 is 0 Å². The van der Waals surface area contributed by atoms with E-state index in [1.807, 2.05) is 0 Å². The molecule has 1 N–H and O–H groups in total. The van der Waals surface area contributed by atoms with Crippen LogP contribution in [0.15, 0.2) is 4.52 Å². The first kappa shape index (κ1) is 10.3. The molecule has 3 rings (SSSR count). The monoisotopic (exact) mass is 221 g/mol. The van der Waals surface area contributed by atoms with E-state index in [-0.39, 0.29) is 0 Å². The molecule has 1 saturated heterocycles. The Morgan fingerprint density at radius 1 is 1.25 bits per heavy atom. The van der Waals surface area contributed by atoms with Gasteiger partial charge in [0.05, 0.1) is 0 Å². The normalized spacial score (nSPS) is 24.6. The van der Waals surface area contributed by atoms with Gasteiger partial charge < -0.3 is 9.84 Å². The van der Waals surface area contributed by atoms with E-state index in [1.165, 1.54) is 12.8 Å². The summed E-state index contributed by atoms with van der Waals surface area (Å²) in [6, 6.07) is 0. The van der Waals surface area contributed by atoms with Crippen LogP contribution in [0.25, 0.3) is 0 Å². The van der Waals surface area contributed by atoms with Crippen LogP contribution in [0.3, 0.4) is 0 Å². The Hall–Kier alpha value is -0.900. The molecule has 88 valence electrons. The lowest BCUT2D eigenvalue weighted by Gasteiger charge is -2.19. The van der Waals surface area contributed by atoms with E-state index in [9.17, 15) is 0 Å². The van der Waals surface area contributed by atoms with Crippen LogP contribution in [0.5, 0.6) is 0 Å². The van der Waals surface area contributed by atoms with Gasteiger partial charge in [0.15, 0.2) is 5.82 Å². The largest absolute Gasteiger partial charge is 0.339 e. The second-order valence-corrected chi connectivity index (χ2v) is 5.14. The molecule has 1 aromatic heterocycles. The van der Waals surface area contributed by atoms with Gasteiger partial charge in [-0.25, -0.2) is 0 Å². The highest BCUT2D eigenvalue weighted by Gasteiger charge is 2.33. The zero-order valence-corrected chi connectivity index (χ0v) is 9.78. The molecule has 1 aliphatic carbocycles. The summed E-state index contributed by atoms with van der Waals surface area (Å²) in [5.41, 5.74) is 0. The van der Waals surface area contributed by atoms with Crippen molar-refractivity contribution in [3.05, 3.63) is 11.7 Å². The maximum absolute atomic E-state index is 5.40. The molecule has 1 aliphatic heterocycles. The second kappa shape index (κ2) is 4.17. The van der Waals surface area contributed by atoms with Gasteiger partial charge in [0.2, 0.25) is 5.89 Å². The summed E-state index contributed by atoms with van der Waals surface area (Å²) in [5, 5.41) is 7.51. The lowest BCUT2D eigenvalue weighted by Crippen LogP contribution is -2.27. The number of rotatable bonds is 3. The van der Waals surface area contributed by atoms with Gasteiger partial charge in [0, 0.05) is 11.8 Å². The van der Waals surface area contributed by atoms with E-state index in [0.717, 1.165) is 43.6 Å².